The van der Waals surface area contributed by atoms with Crippen molar-refractivity contribution in [3.63, 3.8) is 0 Å². The number of amides is 1. The number of nitrogens with one attached hydrogen (secondary N) is 1. The van der Waals surface area contributed by atoms with Crippen molar-refractivity contribution in [2.75, 3.05) is 18.1 Å². The smallest absolute Gasteiger partial charge is 0.220 e. The number of sulfone groups is 1. The summed E-state index contributed by atoms with van der Waals surface area (Å²) >= 11 is 5.92. The Morgan fingerprint density at radius 1 is 1.39 bits per heavy atom. The maximum Gasteiger partial charge on any atom is 0.220 e. The normalized spacial score (nSPS) is 34.6. The molecule has 0 aromatic rings. The summed E-state index contributed by atoms with van der Waals surface area (Å²) in [7, 11) is -3.09. The van der Waals surface area contributed by atoms with Crippen molar-refractivity contribution < 1.29 is 17.9 Å². The molecule has 0 spiro atoms. The van der Waals surface area contributed by atoms with E-state index in [1.165, 1.54) is 0 Å². The average molecular weight is 296 g/mol. The van der Waals surface area contributed by atoms with E-state index in [-0.39, 0.29) is 23.5 Å². The van der Waals surface area contributed by atoms with E-state index in [1.807, 2.05) is 0 Å². The molecule has 1 N–H and O–H groups in total. The molecule has 0 aromatic heterocycles. The second-order valence-corrected chi connectivity index (χ2v) is 7.65. The fourth-order valence-electron chi connectivity index (χ4n) is 2.38. The van der Waals surface area contributed by atoms with Gasteiger partial charge in [-0.1, -0.05) is 0 Å². The summed E-state index contributed by atoms with van der Waals surface area (Å²) in [6.07, 6.45) is 3.29. The first-order valence-corrected chi connectivity index (χ1v) is 8.47. The third kappa shape index (κ3) is 3.83. The van der Waals surface area contributed by atoms with Crippen LogP contribution in [0.3, 0.4) is 0 Å². The highest BCUT2D eigenvalue weighted by Gasteiger charge is 2.37. The van der Waals surface area contributed by atoms with Crippen LogP contribution in [-0.4, -0.2) is 50.0 Å². The van der Waals surface area contributed by atoms with E-state index >= 15 is 0 Å². The monoisotopic (exact) mass is 295 g/mol. The van der Waals surface area contributed by atoms with Crippen molar-refractivity contribution in [1.82, 2.24) is 5.32 Å². The molecule has 104 valence electrons. The molecule has 2 heterocycles. The molecule has 2 rings (SSSR count). The molecule has 18 heavy (non-hydrogen) atoms. The molecule has 0 radical (unpaired) electrons. The summed E-state index contributed by atoms with van der Waals surface area (Å²) in [4.78, 5) is 11.7. The van der Waals surface area contributed by atoms with E-state index in [2.05, 4.69) is 5.32 Å². The number of alkyl halides is 1. The molecule has 0 aliphatic carbocycles. The van der Waals surface area contributed by atoms with Gasteiger partial charge in [-0.05, 0) is 19.3 Å². The summed E-state index contributed by atoms with van der Waals surface area (Å²) in [5.74, 6) is -0.240. The number of carbonyl (C=O) groups excluding carboxylic acids is 1. The third-order valence-corrected chi connectivity index (χ3v) is 5.72. The number of rotatable bonds is 4. The first-order chi connectivity index (χ1) is 8.46. The van der Waals surface area contributed by atoms with E-state index in [4.69, 9.17) is 16.3 Å². The van der Waals surface area contributed by atoms with Gasteiger partial charge < -0.3 is 10.1 Å². The summed E-state index contributed by atoms with van der Waals surface area (Å²) < 4.78 is 28.1. The zero-order valence-corrected chi connectivity index (χ0v) is 11.7. The van der Waals surface area contributed by atoms with Gasteiger partial charge in [0.2, 0.25) is 5.91 Å². The van der Waals surface area contributed by atoms with E-state index in [9.17, 15) is 13.2 Å². The van der Waals surface area contributed by atoms with Crippen LogP contribution in [0.2, 0.25) is 0 Å². The predicted molar refractivity (Wildman–Crippen MR) is 68.4 cm³/mol. The molecule has 0 aromatic carbocycles. The minimum atomic E-state index is -3.09. The Morgan fingerprint density at radius 3 is 2.72 bits per heavy atom. The van der Waals surface area contributed by atoms with Gasteiger partial charge in [0.15, 0.2) is 9.84 Å². The van der Waals surface area contributed by atoms with Crippen molar-refractivity contribution >= 4 is 27.3 Å². The Balaban J connectivity index is 1.74. The molecule has 7 heteroatoms. The van der Waals surface area contributed by atoms with Crippen molar-refractivity contribution in [1.29, 1.82) is 0 Å². The van der Waals surface area contributed by atoms with Crippen molar-refractivity contribution in [2.45, 2.75) is 43.2 Å². The Bertz CT molecular complexity index is 405. The first kappa shape index (κ1) is 14.1. The minimum absolute atomic E-state index is 0.0488. The maximum atomic E-state index is 11.7. The molecule has 0 saturated carbocycles. The van der Waals surface area contributed by atoms with Gasteiger partial charge in [0, 0.05) is 13.0 Å². The van der Waals surface area contributed by atoms with Crippen LogP contribution >= 0.6 is 11.6 Å². The van der Waals surface area contributed by atoms with Gasteiger partial charge in [-0.3, -0.25) is 4.79 Å². The molecule has 2 fully saturated rings. The van der Waals surface area contributed by atoms with Crippen molar-refractivity contribution in [3.8, 4) is 0 Å². The Kier molecular flexibility index (Phi) is 4.50. The number of carbonyl (C=O) groups is 1. The van der Waals surface area contributed by atoms with E-state index in [0.717, 1.165) is 19.4 Å². The summed E-state index contributed by atoms with van der Waals surface area (Å²) in [5, 5.41) is 2.19. The molecular formula is C11H18ClNO4S. The highest BCUT2D eigenvalue weighted by molar-refractivity contribution is 7.91. The summed E-state index contributed by atoms with van der Waals surface area (Å²) in [6.45, 7) is 0.775. The topological polar surface area (TPSA) is 72.5 Å². The molecular weight excluding hydrogens is 278 g/mol. The van der Waals surface area contributed by atoms with Gasteiger partial charge in [-0.15, -0.1) is 11.6 Å². The lowest BCUT2D eigenvalue weighted by Gasteiger charge is -2.15. The molecule has 5 nitrogen and oxygen atoms in total. The number of hydrogen-bond acceptors (Lipinski definition) is 4. The van der Waals surface area contributed by atoms with Gasteiger partial charge in [0.05, 0.1) is 29.0 Å². The van der Waals surface area contributed by atoms with Crippen LogP contribution in [0.15, 0.2) is 0 Å². The van der Waals surface area contributed by atoms with Crippen LogP contribution in [0.1, 0.15) is 25.7 Å². The molecule has 1 amide bonds. The third-order valence-electron chi connectivity index (χ3n) is 3.35. The Hall–Kier alpha value is -0.330. The van der Waals surface area contributed by atoms with E-state index < -0.39 is 21.3 Å². The Labute approximate surface area is 112 Å². The minimum Gasteiger partial charge on any atom is -0.378 e. The molecule has 3 atom stereocenters. The first-order valence-electron chi connectivity index (χ1n) is 6.22. The molecule has 2 saturated heterocycles. The number of ether oxygens (including phenoxy) is 1. The van der Waals surface area contributed by atoms with Crippen LogP contribution in [-0.2, 0) is 19.4 Å². The number of hydrogen-bond donors (Lipinski definition) is 1. The summed E-state index contributed by atoms with van der Waals surface area (Å²) in [5.41, 5.74) is 0. The maximum absolute atomic E-state index is 11.7. The van der Waals surface area contributed by atoms with Gasteiger partial charge >= 0.3 is 0 Å². The lowest BCUT2D eigenvalue weighted by molar-refractivity contribution is -0.122. The van der Waals surface area contributed by atoms with Crippen LogP contribution in [0.4, 0.5) is 0 Å². The van der Waals surface area contributed by atoms with Crippen molar-refractivity contribution in [3.05, 3.63) is 0 Å². The van der Waals surface area contributed by atoms with Crippen LogP contribution in [0.5, 0.6) is 0 Å². The lowest BCUT2D eigenvalue weighted by Crippen LogP contribution is -2.40. The second-order valence-electron chi connectivity index (χ2n) is 4.94. The van der Waals surface area contributed by atoms with E-state index in [0.29, 0.717) is 12.8 Å². The lowest BCUT2D eigenvalue weighted by atomic mass is 10.1. The van der Waals surface area contributed by atoms with Gasteiger partial charge in [-0.2, -0.15) is 0 Å². The van der Waals surface area contributed by atoms with Crippen molar-refractivity contribution in [2.24, 2.45) is 0 Å². The van der Waals surface area contributed by atoms with Crippen LogP contribution < -0.4 is 5.32 Å². The van der Waals surface area contributed by atoms with E-state index in [1.54, 1.807) is 0 Å². The fraction of sp³-hybridized carbons (Fsp3) is 0.909. The molecule has 2 aliphatic heterocycles. The Morgan fingerprint density at radius 2 is 2.17 bits per heavy atom. The standard InChI is InChI=1S/C11H18ClNO4S/c12-9-6-18(15,16)7-10(9)13-11(14)4-3-8-2-1-5-17-8/h8-10H,1-7H2,(H,13,14). The number of halogens is 1. The highest BCUT2D eigenvalue weighted by atomic mass is 35.5. The fourth-order valence-corrected chi connectivity index (χ4v) is 4.93. The molecule has 3 unspecified atom stereocenters. The van der Waals surface area contributed by atoms with Gasteiger partial charge in [0.1, 0.15) is 0 Å². The largest absolute Gasteiger partial charge is 0.378 e. The van der Waals surface area contributed by atoms with Crippen LogP contribution in [0.25, 0.3) is 0 Å². The molecule has 0 bridgehead atoms. The highest BCUT2D eigenvalue weighted by Crippen LogP contribution is 2.19. The summed E-state index contributed by atoms with van der Waals surface area (Å²) in [6, 6.07) is -0.450. The second kappa shape index (κ2) is 5.75. The quantitative estimate of drug-likeness (QED) is 0.765. The van der Waals surface area contributed by atoms with Gasteiger partial charge in [0.25, 0.3) is 0 Å². The molecule has 2 aliphatic rings. The van der Waals surface area contributed by atoms with Crippen LogP contribution in [0, 0.1) is 0 Å². The zero-order chi connectivity index (χ0) is 13.2. The SMILES string of the molecule is O=C(CCC1CCCO1)NC1CS(=O)(=O)CC1Cl. The van der Waals surface area contributed by atoms with Gasteiger partial charge in [-0.25, -0.2) is 8.42 Å². The predicted octanol–water partition coefficient (Wildman–Crippen LogP) is 0.466. The average Bonchev–Trinajstić information content (AvgIpc) is 2.84. The zero-order valence-electron chi connectivity index (χ0n) is 10.1.